The fourth-order valence-corrected chi connectivity index (χ4v) is 4.46. The first-order valence-electron chi connectivity index (χ1n) is 11.2. The van der Waals surface area contributed by atoms with Gasteiger partial charge in [0.15, 0.2) is 5.82 Å². The third-order valence-corrected chi connectivity index (χ3v) is 6.60. The Morgan fingerprint density at radius 1 is 1.39 bits per heavy atom. The number of carbonyl (C=O) groups is 1. The molecule has 1 fully saturated rings. The lowest BCUT2D eigenvalue weighted by molar-refractivity contribution is 0.0919. The third-order valence-electron chi connectivity index (χ3n) is 6.33. The molecule has 0 aliphatic heterocycles. The Morgan fingerprint density at radius 3 is 2.70 bits per heavy atom. The van der Waals surface area contributed by atoms with Crippen molar-refractivity contribution in [2.45, 2.75) is 71.4 Å². The van der Waals surface area contributed by atoms with Crippen molar-refractivity contribution in [1.29, 1.82) is 0 Å². The number of nitrogens with one attached hydrogen (secondary N) is 1. The molecule has 1 atom stereocenters. The topological polar surface area (TPSA) is 94.5 Å². The number of ether oxygens (including phenoxy) is 1. The van der Waals surface area contributed by atoms with Gasteiger partial charge in [-0.2, -0.15) is 0 Å². The van der Waals surface area contributed by atoms with E-state index >= 15 is 4.39 Å². The Hall–Kier alpha value is -2.87. The lowest BCUT2D eigenvalue weighted by Crippen LogP contribution is -2.37. The van der Waals surface area contributed by atoms with Gasteiger partial charge in [-0.3, -0.25) is 9.20 Å². The average molecular weight is 474 g/mol. The standard InChI is InChI=1S/C24H29ClFN5O2/c1-6-24(7-8-24)30-23(32)17-18(26)16(25)11-15(20(17)33-12(2)3)13(4)22-29-14(5)19-21(27)28-9-10-31(19)22/h9-13H,6-8H2,1-5H3,(H2,27,28)(H,30,32)/t13-/m1/s1. The van der Waals surface area contributed by atoms with E-state index in [4.69, 9.17) is 27.1 Å². The number of nitrogens with zero attached hydrogens (tertiary/aromatic N) is 3. The van der Waals surface area contributed by atoms with Crippen LogP contribution in [0.25, 0.3) is 5.52 Å². The van der Waals surface area contributed by atoms with E-state index in [1.54, 1.807) is 12.4 Å². The number of aromatic nitrogens is 3. The van der Waals surface area contributed by atoms with E-state index in [0.717, 1.165) is 25.0 Å². The Kier molecular flexibility index (Phi) is 5.99. The molecule has 4 rings (SSSR count). The van der Waals surface area contributed by atoms with Crippen molar-refractivity contribution in [3.8, 4) is 5.75 Å². The van der Waals surface area contributed by atoms with Crippen molar-refractivity contribution in [3.05, 3.63) is 51.9 Å². The minimum atomic E-state index is -0.787. The van der Waals surface area contributed by atoms with Gasteiger partial charge in [0.2, 0.25) is 0 Å². The van der Waals surface area contributed by atoms with Crippen LogP contribution in [0, 0.1) is 12.7 Å². The maximum Gasteiger partial charge on any atom is 0.258 e. The van der Waals surface area contributed by atoms with Gasteiger partial charge in [0, 0.05) is 29.4 Å². The SMILES string of the molecule is CCC1(NC(=O)c2c(F)c(Cl)cc([C@@H](C)c3nc(C)c4c(N)nccn34)c2OC(C)C)CC1. The normalized spacial score (nSPS) is 15.6. The van der Waals surface area contributed by atoms with Crippen LogP contribution in [0.3, 0.4) is 0 Å². The van der Waals surface area contributed by atoms with Gasteiger partial charge in [-0.1, -0.05) is 25.4 Å². The van der Waals surface area contributed by atoms with Gasteiger partial charge in [0.1, 0.15) is 28.5 Å². The maximum absolute atomic E-state index is 15.3. The van der Waals surface area contributed by atoms with Crippen molar-refractivity contribution in [2.24, 2.45) is 0 Å². The molecule has 3 N–H and O–H groups in total. The molecule has 1 aliphatic carbocycles. The van der Waals surface area contributed by atoms with Crippen molar-refractivity contribution in [1.82, 2.24) is 19.7 Å². The summed E-state index contributed by atoms with van der Waals surface area (Å²) in [6, 6.07) is 1.52. The highest BCUT2D eigenvalue weighted by Crippen LogP contribution is 2.42. The molecular formula is C24H29ClFN5O2. The van der Waals surface area contributed by atoms with Gasteiger partial charge in [0.05, 0.1) is 16.8 Å². The summed E-state index contributed by atoms with van der Waals surface area (Å²) in [7, 11) is 0. The van der Waals surface area contributed by atoms with Gasteiger partial charge in [-0.15, -0.1) is 0 Å². The molecule has 176 valence electrons. The first kappa shape index (κ1) is 23.3. The molecule has 33 heavy (non-hydrogen) atoms. The molecule has 1 aliphatic rings. The summed E-state index contributed by atoms with van der Waals surface area (Å²) in [5.41, 5.74) is 7.61. The molecule has 0 radical (unpaired) electrons. The molecule has 2 heterocycles. The number of hydrogen-bond donors (Lipinski definition) is 2. The smallest absolute Gasteiger partial charge is 0.258 e. The van der Waals surface area contributed by atoms with Crippen LogP contribution >= 0.6 is 11.6 Å². The second kappa shape index (κ2) is 8.48. The van der Waals surface area contributed by atoms with Crippen LogP contribution in [0.15, 0.2) is 18.5 Å². The molecule has 0 unspecified atom stereocenters. The molecule has 0 bridgehead atoms. The average Bonchev–Trinajstić information content (AvgIpc) is 3.44. The van der Waals surface area contributed by atoms with E-state index in [2.05, 4.69) is 10.3 Å². The van der Waals surface area contributed by atoms with E-state index in [1.807, 2.05) is 39.0 Å². The fourth-order valence-electron chi connectivity index (χ4n) is 4.25. The number of nitrogen functional groups attached to an aromatic ring is 1. The predicted octanol–water partition coefficient (Wildman–Crippen LogP) is 5.02. The number of halogens is 2. The van der Waals surface area contributed by atoms with Crippen molar-refractivity contribution in [2.75, 3.05) is 5.73 Å². The first-order valence-corrected chi connectivity index (χ1v) is 11.6. The summed E-state index contributed by atoms with van der Waals surface area (Å²) in [4.78, 5) is 22.1. The summed E-state index contributed by atoms with van der Waals surface area (Å²) in [5, 5.41) is 2.86. The molecule has 0 saturated heterocycles. The number of nitrogens with two attached hydrogens (primary N) is 1. The Morgan fingerprint density at radius 2 is 2.09 bits per heavy atom. The van der Waals surface area contributed by atoms with Crippen molar-refractivity contribution < 1.29 is 13.9 Å². The summed E-state index contributed by atoms with van der Waals surface area (Å²) in [5.74, 6) is -0.480. The van der Waals surface area contributed by atoms with Crippen molar-refractivity contribution in [3.63, 3.8) is 0 Å². The third kappa shape index (κ3) is 4.12. The predicted molar refractivity (Wildman–Crippen MR) is 127 cm³/mol. The highest BCUT2D eigenvalue weighted by Gasteiger charge is 2.43. The fraction of sp³-hybridized carbons (Fsp3) is 0.458. The van der Waals surface area contributed by atoms with Gasteiger partial charge >= 0.3 is 0 Å². The zero-order valence-electron chi connectivity index (χ0n) is 19.5. The maximum atomic E-state index is 15.3. The van der Waals surface area contributed by atoms with Crippen LogP contribution in [0.2, 0.25) is 5.02 Å². The summed E-state index contributed by atoms with van der Waals surface area (Å²) in [6.07, 6.45) is 5.60. The Bertz CT molecular complexity index is 1240. The summed E-state index contributed by atoms with van der Waals surface area (Å²) < 4.78 is 23.2. The number of carbonyl (C=O) groups excluding carboxylic acids is 1. The van der Waals surface area contributed by atoms with Crippen LogP contribution in [-0.2, 0) is 0 Å². The monoisotopic (exact) mass is 473 g/mol. The number of hydrogen-bond acceptors (Lipinski definition) is 5. The molecule has 1 aromatic carbocycles. The second-order valence-electron chi connectivity index (χ2n) is 9.03. The van der Waals surface area contributed by atoms with E-state index in [-0.39, 0.29) is 33.9 Å². The molecule has 3 aromatic rings. The molecule has 1 saturated carbocycles. The zero-order chi connectivity index (χ0) is 24.1. The molecule has 2 aromatic heterocycles. The van der Waals surface area contributed by atoms with Crippen LogP contribution < -0.4 is 15.8 Å². The van der Waals surface area contributed by atoms with Crippen LogP contribution in [-0.4, -0.2) is 31.9 Å². The highest BCUT2D eigenvalue weighted by atomic mass is 35.5. The molecule has 1 amide bonds. The number of imidazole rings is 1. The number of benzene rings is 1. The minimum absolute atomic E-state index is 0.141. The van der Waals surface area contributed by atoms with Crippen LogP contribution in [0.1, 0.15) is 80.3 Å². The summed E-state index contributed by atoms with van der Waals surface area (Å²) >= 11 is 6.30. The van der Waals surface area contributed by atoms with Gasteiger partial charge < -0.3 is 15.8 Å². The largest absolute Gasteiger partial charge is 0.490 e. The number of aryl methyl sites for hydroxylation is 1. The lowest BCUT2D eigenvalue weighted by atomic mass is 9.95. The molecule has 9 heteroatoms. The minimum Gasteiger partial charge on any atom is -0.490 e. The Balaban J connectivity index is 1.89. The summed E-state index contributed by atoms with van der Waals surface area (Å²) in [6.45, 7) is 9.44. The Labute approximate surface area is 197 Å². The van der Waals surface area contributed by atoms with Gasteiger partial charge in [-0.05, 0) is 46.1 Å². The van der Waals surface area contributed by atoms with E-state index in [1.165, 1.54) is 6.07 Å². The van der Waals surface area contributed by atoms with Crippen molar-refractivity contribution >= 4 is 28.8 Å². The van der Waals surface area contributed by atoms with E-state index < -0.39 is 11.7 Å². The molecular weight excluding hydrogens is 445 g/mol. The van der Waals surface area contributed by atoms with E-state index in [9.17, 15) is 4.79 Å². The number of fused-ring (bicyclic) bond motifs is 1. The van der Waals surface area contributed by atoms with Gasteiger partial charge in [-0.25, -0.2) is 14.4 Å². The van der Waals surface area contributed by atoms with E-state index in [0.29, 0.717) is 22.7 Å². The number of amides is 1. The molecule has 0 spiro atoms. The number of rotatable bonds is 7. The zero-order valence-corrected chi connectivity index (χ0v) is 20.3. The van der Waals surface area contributed by atoms with Crippen LogP contribution in [0.4, 0.5) is 10.2 Å². The second-order valence-corrected chi connectivity index (χ2v) is 9.44. The number of anilines is 1. The van der Waals surface area contributed by atoms with Crippen LogP contribution in [0.5, 0.6) is 5.75 Å². The first-order chi connectivity index (χ1) is 15.6. The highest BCUT2D eigenvalue weighted by molar-refractivity contribution is 6.31. The quantitative estimate of drug-likeness (QED) is 0.502. The molecule has 7 nitrogen and oxygen atoms in total. The van der Waals surface area contributed by atoms with Gasteiger partial charge in [0.25, 0.3) is 5.91 Å². The lowest BCUT2D eigenvalue weighted by Gasteiger charge is -2.24.